The van der Waals surface area contributed by atoms with E-state index in [9.17, 15) is 14.7 Å². The molecule has 1 saturated carbocycles. The molecule has 0 unspecified atom stereocenters. The zero-order chi connectivity index (χ0) is 19.2. The van der Waals surface area contributed by atoms with Crippen molar-refractivity contribution < 1.29 is 19.4 Å². The third-order valence-corrected chi connectivity index (χ3v) is 6.02. The summed E-state index contributed by atoms with van der Waals surface area (Å²) < 4.78 is 5.59. The number of nitrogens with zero attached hydrogens (tertiary/aromatic N) is 1. The number of hydrogen-bond acceptors (Lipinski definition) is 3. The van der Waals surface area contributed by atoms with E-state index in [2.05, 4.69) is 24.3 Å². The molecule has 4 rings (SSSR count). The summed E-state index contributed by atoms with van der Waals surface area (Å²) in [6.07, 6.45) is 0.345. The highest BCUT2D eigenvalue weighted by atomic mass is 16.6. The van der Waals surface area contributed by atoms with Crippen molar-refractivity contribution in [3.63, 3.8) is 0 Å². The van der Waals surface area contributed by atoms with Gasteiger partial charge in [-0.2, -0.15) is 0 Å². The normalized spacial score (nSPS) is 23.1. The van der Waals surface area contributed by atoms with Crippen molar-refractivity contribution in [1.29, 1.82) is 0 Å². The number of carboxylic acids is 1. The summed E-state index contributed by atoms with van der Waals surface area (Å²) in [5.41, 5.74) is 3.47. The fraction of sp³-hybridized carbons (Fsp3) is 0.364. The average Bonchev–Trinajstić information content (AvgIpc) is 2.96. The van der Waals surface area contributed by atoms with Gasteiger partial charge < -0.3 is 9.84 Å². The van der Waals surface area contributed by atoms with Crippen molar-refractivity contribution in [3.05, 3.63) is 59.7 Å². The van der Waals surface area contributed by atoms with Gasteiger partial charge in [-0.1, -0.05) is 55.5 Å². The fourth-order valence-corrected chi connectivity index (χ4v) is 4.55. The van der Waals surface area contributed by atoms with Crippen molar-refractivity contribution in [1.82, 2.24) is 4.90 Å². The number of carbonyl (C=O) groups is 2. The number of ether oxygens (including phenoxy) is 1. The molecule has 0 radical (unpaired) electrons. The molecule has 2 aromatic rings. The maximum atomic E-state index is 12.6. The molecule has 0 spiro atoms. The molecule has 2 aromatic carbocycles. The van der Waals surface area contributed by atoms with Crippen molar-refractivity contribution >= 4 is 12.1 Å². The third kappa shape index (κ3) is 2.69. The van der Waals surface area contributed by atoms with Crippen LogP contribution in [0.5, 0.6) is 0 Å². The van der Waals surface area contributed by atoms with E-state index in [1.54, 1.807) is 0 Å². The van der Waals surface area contributed by atoms with Gasteiger partial charge in [0.15, 0.2) is 0 Å². The molecular weight excluding hydrogens is 342 g/mol. The summed E-state index contributed by atoms with van der Waals surface area (Å²) in [5, 5.41) is 9.61. The van der Waals surface area contributed by atoms with Gasteiger partial charge in [-0.3, -0.25) is 4.90 Å². The van der Waals surface area contributed by atoms with E-state index < -0.39 is 17.6 Å². The molecule has 5 heteroatoms. The van der Waals surface area contributed by atoms with Gasteiger partial charge >= 0.3 is 12.1 Å². The largest absolute Gasteiger partial charge is 0.479 e. The molecule has 0 heterocycles. The van der Waals surface area contributed by atoms with Crippen LogP contribution >= 0.6 is 0 Å². The molecule has 2 aliphatic carbocycles. The molecule has 1 N–H and O–H groups in total. The van der Waals surface area contributed by atoms with E-state index in [1.165, 1.54) is 11.9 Å². The number of fused-ring (bicyclic) bond motifs is 3. The second-order valence-electron chi connectivity index (χ2n) is 7.71. The summed E-state index contributed by atoms with van der Waals surface area (Å²) >= 11 is 0. The smallest absolute Gasteiger partial charge is 0.410 e. The molecule has 0 saturated heterocycles. The van der Waals surface area contributed by atoms with Gasteiger partial charge in [-0.05, 0) is 41.0 Å². The first-order chi connectivity index (χ1) is 12.9. The minimum Gasteiger partial charge on any atom is -0.479 e. The van der Waals surface area contributed by atoms with Crippen LogP contribution in [0.3, 0.4) is 0 Å². The van der Waals surface area contributed by atoms with Crippen LogP contribution in [-0.2, 0) is 9.53 Å². The average molecular weight is 365 g/mol. The number of hydrogen-bond donors (Lipinski definition) is 1. The molecule has 0 bridgehead atoms. The Morgan fingerprint density at radius 3 is 2.07 bits per heavy atom. The van der Waals surface area contributed by atoms with Crippen LogP contribution < -0.4 is 0 Å². The molecule has 0 atom stereocenters. The summed E-state index contributed by atoms with van der Waals surface area (Å²) in [4.78, 5) is 25.6. The number of amides is 1. The molecule has 27 heavy (non-hydrogen) atoms. The second-order valence-corrected chi connectivity index (χ2v) is 7.71. The van der Waals surface area contributed by atoms with Gasteiger partial charge in [0.1, 0.15) is 12.1 Å². The minimum atomic E-state index is -1.14. The molecule has 1 fully saturated rings. The molecule has 0 aliphatic heterocycles. The van der Waals surface area contributed by atoms with Crippen molar-refractivity contribution in [3.8, 4) is 11.1 Å². The molecule has 1 amide bonds. The highest BCUT2D eigenvalue weighted by Crippen LogP contribution is 2.45. The summed E-state index contributed by atoms with van der Waals surface area (Å²) in [5.74, 6) is -0.697. The predicted molar refractivity (Wildman–Crippen MR) is 102 cm³/mol. The number of likely N-dealkylation sites (N-methyl/N-ethyl adjacent to an activating group) is 1. The highest BCUT2D eigenvalue weighted by Gasteiger charge is 2.54. The summed E-state index contributed by atoms with van der Waals surface area (Å²) in [6.45, 7) is 2.19. The van der Waals surface area contributed by atoms with Gasteiger partial charge in [0.05, 0.1) is 0 Å². The molecule has 140 valence electrons. The second kappa shape index (κ2) is 6.41. The van der Waals surface area contributed by atoms with Crippen molar-refractivity contribution in [2.75, 3.05) is 13.7 Å². The van der Waals surface area contributed by atoms with Crippen LogP contribution in [0.25, 0.3) is 11.1 Å². The summed E-state index contributed by atoms with van der Waals surface area (Å²) in [6, 6.07) is 16.3. The predicted octanol–water partition coefficient (Wildman–Crippen LogP) is 4.12. The van der Waals surface area contributed by atoms with Crippen LogP contribution in [0.15, 0.2) is 48.5 Å². The van der Waals surface area contributed by atoms with E-state index in [0.29, 0.717) is 18.8 Å². The molecule has 5 nitrogen and oxygen atoms in total. The van der Waals surface area contributed by atoms with Gasteiger partial charge in [-0.25, -0.2) is 9.59 Å². The van der Waals surface area contributed by atoms with Gasteiger partial charge in [0, 0.05) is 13.0 Å². The lowest BCUT2D eigenvalue weighted by Crippen LogP contribution is -2.62. The molecule has 2 aliphatic rings. The van der Waals surface area contributed by atoms with Crippen molar-refractivity contribution in [2.45, 2.75) is 31.2 Å². The summed E-state index contributed by atoms with van der Waals surface area (Å²) in [7, 11) is 1.53. The van der Waals surface area contributed by atoms with Crippen LogP contribution in [0, 0.1) is 5.92 Å². The number of carboxylic acid groups (broad SMARTS) is 1. The number of rotatable bonds is 4. The fourth-order valence-electron chi connectivity index (χ4n) is 4.55. The Morgan fingerprint density at radius 1 is 1.07 bits per heavy atom. The van der Waals surface area contributed by atoms with Gasteiger partial charge in [0.2, 0.25) is 0 Å². The maximum Gasteiger partial charge on any atom is 0.410 e. The van der Waals surface area contributed by atoms with E-state index >= 15 is 0 Å². The Morgan fingerprint density at radius 2 is 1.59 bits per heavy atom. The Bertz CT molecular complexity index is 855. The Kier molecular flexibility index (Phi) is 4.17. The lowest BCUT2D eigenvalue weighted by molar-refractivity contribution is -0.158. The Balaban J connectivity index is 1.52. The van der Waals surface area contributed by atoms with E-state index in [1.807, 2.05) is 31.2 Å². The highest BCUT2D eigenvalue weighted by molar-refractivity contribution is 5.85. The van der Waals surface area contributed by atoms with Crippen LogP contribution in [0.4, 0.5) is 4.79 Å². The van der Waals surface area contributed by atoms with E-state index in [4.69, 9.17) is 4.74 Å². The lowest BCUT2D eigenvalue weighted by atomic mass is 9.68. The molecule has 0 aromatic heterocycles. The third-order valence-electron chi connectivity index (χ3n) is 6.02. The quantitative estimate of drug-likeness (QED) is 0.885. The maximum absolute atomic E-state index is 12.6. The van der Waals surface area contributed by atoms with Crippen molar-refractivity contribution in [2.24, 2.45) is 5.92 Å². The Labute approximate surface area is 158 Å². The van der Waals surface area contributed by atoms with Crippen LogP contribution in [0.1, 0.15) is 36.8 Å². The molecular formula is C22H23NO4. The minimum absolute atomic E-state index is 0.0316. The van der Waals surface area contributed by atoms with Gasteiger partial charge in [-0.15, -0.1) is 0 Å². The first-order valence-corrected chi connectivity index (χ1v) is 9.26. The SMILES string of the molecule is CC1CC(C(=O)O)(N(C)C(=O)OCC2c3ccccc3-c3ccccc32)C1. The van der Waals surface area contributed by atoms with Gasteiger partial charge in [0.25, 0.3) is 0 Å². The lowest BCUT2D eigenvalue weighted by Gasteiger charge is -2.48. The zero-order valence-corrected chi connectivity index (χ0v) is 15.5. The zero-order valence-electron chi connectivity index (χ0n) is 15.5. The first-order valence-electron chi connectivity index (χ1n) is 9.26. The van der Waals surface area contributed by atoms with Crippen LogP contribution in [0.2, 0.25) is 0 Å². The number of aliphatic carboxylic acids is 1. The van der Waals surface area contributed by atoms with E-state index in [-0.39, 0.29) is 12.5 Å². The standard InChI is InChI=1S/C22H23NO4/c1-14-11-22(12-14,20(24)25)23(2)21(26)27-13-19-17-9-5-3-7-15(17)16-8-4-6-10-18(16)19/h3-10,14,19H,11-13H2,1-2H3,(H,24,25). The first kappa shape index (κ1) is 17.6. The topological polar surface area (TPSA) is 66.8 Å². The Hall–Kier alpha value is -2.82. The number of benzene rings is 2. The van der Waals surface area contributed by atoms with Crippen LogP contribution in [-0.4, -0.2) is 41.3 Å². The monoisotopic (exact) mass is 365 g/mol. The number of carbonyl (C=O) groups excluding carboxylic acids is 1. The van der Waals surface area contributed by atoms with E-state index in [0.717, 1.165) is 22.3 Å².